The molecule has 35 heavy (non-hydrogen) atoms. The summed E-state index contributed by atoms with van der Waals surface area (Å²) in [5.41, 5.74) is 3.99. The first-order valence-electron chi connectivity index (χ1n) is 11.7. The van der Waals surface area contributed by atoms with E-state index in [0.717, 1.165) is 23.4 Å². The number of nitrogens with one attached hydrogen (secondary N) is 1. The minimum absolute atomic E-state index is 0.0347. The SMILES string of the molecule is O=C1C(NCc2cncn2Cc2ccccc2)CCN1C(c1cccc(O)c1)c1cccc(Cl)c1. The van der Waals surface area contributed by atoms with E-state index in [2.05, 4.69) is 27.0 Å². The lowest BCUT2D eigenvalue weighted by Gasteiger charge is -2.29. The third kappa shape index (κ3) is 5.24. The van der Waals surface area contributed by atoms with Crippen LogP contribution in [-0.4, -0.2) is 38.1 Å². The summed E-state index contributed by atoms with van der Waals surface area (Å²) in [7, 11) is 0. The number of likely N-dealkylation sites (tertiary alicyclic amines) is 1. The standard InChI is InChI=1S/C28H27ClN4O2/c29-23-10-4-8-21(14-23)27(22-9-5-11-25(34)15-22)33-13-12-26(28(33)35)31-17-24-16-30-19-32(24)18-20-6-2-1-3-7-20/h1-11,14-16,19,26-27,31,34H,12-13,17-18H2. The predicted molar refractivity (Wildman–Crippen MR) is 136 cm³/mol. The third-order valence-electron chi connectivity index (χ3n) is 6.43. The highest BCUT2D eigenvalue weighted by Gasteiger charge is 2.37. The van der Waals surface area contributed by atoms with Crippen molar-refractivity contribution in [1.82, 2.24) is 19.8 Å². The molecule has 6 nitrogen and oxygen atoms in total. The predicted octanol–water partition coefficient (Wildman–Crippen LogP) is 4.77. The normalized spacial score (nSPS) is 16.5. The first-order valence-corrected chi connectivity index (χ1v) is 12.1. The molecule has 2 atom stereocenters. The van der Waals surface area contributed by atoms with E-state index in [4.69, 9.17) is 11.6 Å². The van der Waals surface area contributed by atoms with Gasteiger partial charge in [-0.15, -0.1) is 0 Å². The van der Waals surface area contributed by atoms with Crippen LogP contribution in [-0.2, 0) is 17.9 Å². The fourth-order valence-electron chi connectivity index (χ4n) is 4.72. The summed E-state index contributed by atoms with van der Waals surface area (Å²) in [6.45, 7) is 1.88. The Morgan fingerprint density at radius 3 is 2.57 bits per heavy atom. The lowest BCUT2D eigenvalue weighted by molar-refractivity contribution is -0.130. The van der Waals surface area contributed by atoms with E-state index in [1.54, 1.807) is 18.2 Å². The molecule has 0 radical (unpaired) electrons. The van der Waals surface area contributed by atoms with Crippen molar-refractivity contribution in [3.63, 3.8) is 0 Å². The van der Waals surface area contributed by atoms with Gasteiger partial charge in [0.25, 0.3) is 0 Å². The Morgan fingerprint density at radius 1 is 1.03 bits per heavy atom. The van der Waals surface area contributed by atoms with Crippen molar-refractivity contribution < 1.29 is 9.90 Å². The van der Waals surface area contributed by atoms with Crippen LogP contribution < -0.4 is 5.32 Å². The van der Waals surface area contributed by atoms with E-state index >= 15 is 0 Å². The van der Waals surface area contributed by atoms with Gasteiger partial charge < -0.3 is 19.9 Å². The van der Waals surface area contributed by atoms with Crippen molar-refractivity contribution in [2.24, 2.45) is 0 Å². The van der Waals surface area contributed by atoms with E-state index in [1.807, 2.05) is 66.0 Å². The number of phenolic OH excluding ortho intramolecular Hbond substituents is 1. The minimum atomic E-state index is -0.330. The first kappa shape index (κ1) is 23.1. The Morgan fingerprint density at radius 2 is 1.80 bits per heavy atom. The van der Waals surface area contributed by atoms with Crippen LogP contribution in [0.3, 0.4) is 0 Å². The Bertz CT molecular complexity index is 1260. The highest BCUT2D eigenvalue weighted by atomic mass is 35.5. The number of carbonyl (C=O) groups excluding carboxylic acids is 1. The van der Waals surface area contributed by atoms with Gasteiger partial charge in [-0.1, -0.05) is 66.2 Å². The molecule has 178 valence electrons. The van der Waals surface area contributed by atoms with Crippen LogP contribution in [0.2, 0.25) is 5.02 Å². The van der Waals surface area contributed by atoms with Gasteiger partial charge in [-0.25, -0.2) is 4.98 Å². The smallest absolute Gasteiger partial charge is 0.240 e. The molecule has 5 rings (SSSR count). The quantitative estimate of drug-likeness (QED) is 0.376. The van der Waals surface area contributed by atoms with E-state index in [9.17, 15) is 9.90 Å². The summed E-state index contributed by atoms with van der Waals surface area (Å²) in [5.74, 6) is 0.204. The number of hydrogen-bond acceptors (Lipinski definition) is 4. The maximum Gasteiger partial charge on any atom is 0.240 e. The molecule has 2 heterocycles. The van der Waals surface area contributed by atoms with Gasteiger partial charge >= 0.3 is 0 Å². The van der Waals surface area contributed by atoms with Gasteiger partial charge in [0, 0.05) is 30.9 Å². The van der Waals surface area contributed by atoms with Crippen molar-refractivity contribution in [3.8, 4) is 5.75 Å². The Balaban J connectivity index is 1.32. The molecule has 1 amide bonds. The lowest BCUT2D eigenvalue weighted by Crippen LogP contribution is -2.40. The number of phenols is 1. The lowest BCUT2D eigenvalue weighted by atomic mass is 9.97. The van der Waals surface area contributed by atoms with E-state index in [-0.39, 0.29) is 23.7 Å². The highest BCUT2D eigenvalue weighted by molar-refractivity contribution is 6.30. The fourth-order valence-corrected chi connectivity index (χ4v) is 4.92. The Hall–Kier alpha value is -3.61. The number of aromatic hydroxyl groups is 1. The van der Waals surface area contributed by atoms with Crippen molar-refractivity contribution in [2.45, 2.75) is 31.6 Å². The second-order valence-electron chi connectivity index (χ2n) is 8.80. The van der Waals surface area contributed by atoms with Crippen LogP contribution in [0.15, 0.2) is 91.4 Å². The molecular weight excluding hydrogens is 460 g/mol. The topological polar surface area (TPSA) is 70.4 Å². The molecule has 7 heteroatoms. The average molecular weight is 487 g/mol. The number of carbonyl (C=O) groups is 1. The molecule has 4 aromatic rings. The summed E-state index contributed by atoms with van der Waals surface area (Å²) in [5, 5.41) is 14.2. The zero-order valence-corrected chi connectivity index (χ0v) is 20.0. The average Bonchev–Trinajstić information content (AvgIpc) is 3.45. The van der Waals surface area contributed by atoms with Crippen LogP contribution in [0.5, 0.6) is 5.75 Å². The van der Waals surface area contributed by atoms with Crippen molar-refractivity contribution in [1.29, 1.82) is 0 Å². The minimum Gasteiger partial charge on any atom is -0.508 e. The molecule has 2 N–H and O–H groups in total. The summed E-state index contributed by atoms with van der Waals surface area (Å²) >= 11 is 6.29. The number of imidazole rings is 1. The zero-order chi connectivity index (χ0) is 24.2. The molecule has 1 aromatic heterocycles. The van der Waals surface area contributed by atoms with Gasteiger partial charge in [0.15, 0.2) is 0 Å². The number of rotatable bonds is 8. The molecule has 0 bridgehead atoms. The summed E-state index contributed by atoms with van der Waals surface area (Å²) in [6.07, 6.45) is 4.36. The van der Waals surface area contributed by atoms with E-state index in [1.165, 1.54) is 5.56 Å². The van der Waals surface area contributed by atoms with Crippen molar-refractivity contribution in [2.75, 3.05) is 6.54 Å². The van der Waals surface area contributed by atoms with Crippen LogP contribution >= 0.6 is 11.6 Å². The second-order valence-corrected chi connectivity index (χ2v) is 9.24. The van der Waals surface area contributed by atoms with E-state index < -0.39 is 0 Å². The monoisotopic (exact) mass is 486 g/mol. The first-order chi connectivity index (χ1) is 17.1. The molecule has 3 aromatic carbocycles. The molecule has 0 spiro atoms. The number of halogens is 1. The van der Waals surface area contributed by atoms with Crippen molar-refractivity contribution >= 4 is 17.5 Å². The maximum atomic E-state index is 13.5. The van der Waals surface area contributed by atoms with Gasteiger partial charge in [0.1, 0.15) is 5.75 Å². The van der Waals surface area contributed by atoms with E-state index in [0.29, 0.717) is 24.5 Å². The molecule has 1 saturated heterocycles. The zero-order valence-electron chi connectivity index (χ0n) is 19.2. The molecule has 0 saturated carbocycles. The number of nitrogens with zero attached hydrogens (tertiary/aromatic N) is 3. The summed E-state index contributed by atoms with van der Waals surface area (Å²) < 4.78 is 2.10. The highest BCUT2D eigenvalue weighted by Crippen LogP contribution is 2.34. The molecular formula is C28H27ClN4O2. The van der Waals surface area contributed by atoms with Gasteiger partial charge in [0.2, 0.25) is 5.91 Å². The summed E-state index contributed by atoms with van der Waals surface area (Å²) in [4.78, 5) is 19.7. The maximum absolute atomic E-state index is 13.5. The van der Waals surface area contributed by atoms with Crippen molar-refractivity contribution in [3.05, 3.63) is 119 Å². The van der Waals surface area contributed by atoms with Crippen LogP contribution in [0.25, 0.3) is 0 Å². The second kappa shape index (κ2) is 10.3. The molecule has 0 aliphatic carbocycles. The number of hydrogen-bond donors (Lipinski definition) is 2. The Labute approximate surface area is 209 Å². The molecule has 1 aliphatic rings. The molecule has 1 aliphatic heterocycles. The van der Waals surface area contributed by atoms with Gasteiger partial charge in [-0.3, -0.25) is 4.79 Å². The fraction of sp³-hybridized carbons (Fsp3) is 0.214. The molecule has 1 fully saturated rings. The third-order valence-corrected chi connectivity index (χ3v) is 6.66. The van der Waals surface area contributed by atoms with Crippen LogP contribution in [0.1, 0.15) is 34.8 Å². The number of benzene rings is 3. The van der Waals surface area contributed by atoms with Crippen LogP contribution in [0.4, 0.5) is 0 Å². The largest absolute Gasteiger partial charge is 0.508 e. The number of aromatic nitrogens is 2. The van der Waals surface area contributed by atoms with Gasteiger partial charge in [-0.05, 0) is 47.4 Å². The summed E-state index contributed by atoms with van der Waals surface area (Å²) in [6, 6.07) is 24.2. The van der Waals surface area contributed by atoms with Gasteiger partial charge in [0.05, 0.1) is 24.1 Å². The molecule has 2 unspecified atom stereocenters. The number of amides is 1. The Kier molecular flexibility index (Phi) is 6.84. The van der Waals surface area contributed by atoms with Gasteiger partial charge in [-0.2, -0.15) is 0 Å². The van der Waals surface area contributed by atoms with Crippen LogP contribution in [0, 0.1) is 0 Å².